The SMILES string of the molecule is N#Cc1cn(-c2c(Cl)cccc2Cl)c(=O)n(SC(Cl)(Cl)C(Cl)Cl)c1=O. The highest BCUT2D eigenvalue weighted by Gasteiger charge is 2.36. The van der Waals surface area contributed by atoms with Gasteiger partial charge in [-0.2, -0.15) is 9.23 Å². The van der Waals surface area contributed by atoms with Crippen molar-refractivity contribution >= 4 is 81.6 Å². The Balaban J connectivity index is 2.82. The van der Waals surface area contributed by atoms with Gasteiger partial charge < -0.3 is 0 Å². The van der Waals surface area contributed by atoms with Gasteiger partial charge in [0.05, 0.1) is 15.7 Å². The van der Waals surface area contributed by atoms with Gasteiger partial charge in [0, 0.05) is 18.1 Å². The Kier molecular flexibility index (Phi) is 6.66. The maximum absolute atomic E-state index is 12.7. The first-order valence-corrected chi connectivity index (χ1v) is 9.34. The highest BCUT2D eigenvalue weighted by atomic mass is 35.5. The van der Waals surface area contributed by atoms with E-state index in [-0.39, 0.29) is 21.3 Å². The molecule has 0 N–H and O–H groups in total. The molecule has 1 aromatic carbocycles. The van der Waals surface area contributed by atoms with E-state index in [4.69, 9.17) is 69.6 Å². The fourth-order valence-electron chi connectivity index (χ4n) is 1.73. The highest BCUT2D eigenvalue weighted by Crippen LogP contribution is 2.42. The van der Waals surface area contributed by atoms with E-state index in [1.165, 1.54) is 12.1 Å². The molecule has 0 saturated carbocycles. The Bertz CT molecular complexity index is 959. The minimum Gasteiger partial charge on any atom is -0.267 e. The number of nitrogens with zero attached hydrogens (tertiary/aromatic N) is 3. The van der Waals surface area contributed by atoms with Crippen LogP contribution in [0.15, 0.2) is 34.0 Å². The second-order valence-corrected chi connectivity index (χ2v) is 9.37. The van der Waals surface area contributed by atoms with E-state index in [9.17, 15) is 14.9 Å². The third-order valence-electron chi connectivity index (χ3n) is 2.82. The van der Waals surface area contributed by atoms with E-state index >= 15 is 0 Å². The van der Waals surface area contributed by atoms with Crippen molar-refractivity contribution < 1.29 is 0 Å². The number of benzene rings is 1. The van der Waals surface area contributed by atoms with Crippen LogP contribution in [-0.4, -0.2) is 17.0 Å². The number of aromatic nitrogens is 2. The van der Waals surface area contributed by atoms with Gasteiger partial charge in [0.1, 0.15) is 11.6 Å². The zero-order chi connectivity index (χ0) is 18.9. The van der Waals surface area contributed by atoms with Gasteiger partial charge in [-0.1, -0.05) is 52.5 Å². The largest absolute Gasteiger partial charge is 0.346 e. The van der Waals surface area contributed by atoms with Crippen molar-refractivity contribution in [3.63, 3.8) is 0 Å². The predicted octanol–water partition coefficient (Wildman–Crippen LogP) is 4.61. The molecule has 0 bridgehead atoms. The van der Waals surface area contributed by atoms with Gasteiger partial charge in [0.25, 0.3) is 5.56 Å². The first-order chi connectivity index (χ1) is 11.6. The standard InChI is InChI=1S/C13H5Cl6N3O2S/c14-7-2-1-3-8(15)9(7)21-5-6(4-20)10(23)22(12(21)24)25-13(18,19)11(16)17/h1-3,5,11H. The van der Waals surface area contributed by atoms with E-state index in [1.807, 2.05) is 0 Å². The van der Waals surface area contributed by atoms with Crippen LogP contribution in [0.25, 0.3) is 5.69 Å². The molecule has 0 unspecified atom stereocenters. The molecule has 1 heterocycles. The minimum atomic E-state index is -1.93. The normalized spacial score (nSPS) is 11.6. The van der Waals surface area contributed by atoms with Crippen LogP contribution >= 0.6 is 81.6 Å². The topological polar surface area (TPSA) is 67.8 Å². The second-order valence-electron chi connectivity index (χ2n) is 4.43. The van der Waals surface area contributed by atoms with Crippen LogP contribution in [0.2, 0.25) is 10.0 Å². The molecule has 12 heteroatoms. The molecule has 2 aromatic rings. The molecule has 0 aliphatic rings. The summed E-state index contributed by atoms with van der Waals surface area (Å²) in [5.74, 6) is 0. The number of para-hydroxylation sites is 1. The third kappa shape index (κ3) is 4.25. The molecular formula is C13H5Cl6N3O2S. The molecule has 0 atom stereocenters. The van der Waals surface area contributed by atoms with Gasteiger partial charge in [-0.3, -0.25) is 9.36 Å². The second kappa shape index (κ2) is 8.01. The quantitative estimate of drug-likeness (QED) is 0.600. The summed E-state index contributed by atoms with van der Waals surface area (Å²) in [6, 6.07) is 6.24. The fraction of sp³-hybridized carbons (Fsp3) is 0.154. The van der Waals surface area contributed by atoms with E-state index in [2.05, 4.69) is 0 Å². The average Bonchev–Trinajstić information content (AvgIpc) is 2.53. The zero-order valence-electron chi connectivity index (χ0n) is 11.7. The zero-order valence-corrected chi connectivity index (χ0v) is 17.1. The van der Waals surface area contributed by atoms with E-state index < -0.39 is 19.8 Å². The molecule has 0 spiro atoms. The van der Waals surface area contributed by atoms with Crippen molar-refractivity contribution in [2.24, 2.45) is 0 Å². The Morgan fingerprint density at radius 1 is 1.16 bits per heavy atom. The Morgan fingerprint density at radius 2 is 1.72 bits per heavy atom. The van der Waals surface area contributed by atoms with Crippen molar-refractivity contribution in [2.45, 2.75) is 8.50 Å². The van der Waals surface area contributed by atoms with Crippen LogP contribution in [0.5, 0.6) is 0 Å². The van der Waals surface area contributed by atoms with Crippen molar-refractivity contribution in [1.29, 1.82) is 5.26 Å². The maximum atomic E-state index is 12.7. The maximum Gasteiger partial charge on any atom is 0.346 e. The van der Waals surface area contributed by atoms with Gasteiger partial charge in [0.2, 0.25) is 3.67 Å². The number of alkyl halides is 4. The molecule has 0 amide bonds. The van der Waals surface area contributed by atoms with Gasteiger partial charge in [-0.15, -0.1) is 23.2 Å². The van der Waals surface area contributed by atoms with Crippen LogP contribution in [0, 0.1) is 11.3 Å². The molecule has 132 valence electrons. The summed E-state index contributed by atoms with van der Waals surface area (Å²) in [5, 5.41) is 9.44. The number of halogens is 6. The molecule has 0 aliphatic carbocycles. The average molecular weight is 480 g/mol. The first kappa shape index (κ1) is 20.8. The highest BCUT2D eigenvalue weighted by molar-refractivity contribution is 8.02. The number of hydrogen-bond acceptors (Lipinski definition) is 4. The predicted molar refractivity (Wildman–Crippen MR) is 104 cm³/mol. The lowest BCUT2D eigenvalue weighted by molar-refractivity contribution is 0.855. The van der Waals surface area contributed by atoms with Gasteiger partial charge in [-0.05, 0) is 12.1 Å². The smallest absolute Gasteiger partial charge is 0.267 e. The molecule has 0 radical (unpaired) electrons. The lowest BCUT2D eigenvalue weighted by atomic mass is 10.3. The van der Waals surface area contributed by atoms with Crippen molar-refractivity contribution in [1.82, 2.24) is 8.54 Å². The van der Waals surface area contributed by atoms with Crippen LogP contribution in [-0.2, 0) is 0 Å². The van der Waals surface area contributed by atoms with Crippen molar-refractivity contribution in [3.05, 3.63) is 60.8 Å². The van der Waals surface area contributed by atoms with Crippen LogP contribution in [0.3, 0.4) is 0 Å². The van der Waals surface area contributed by atoms with Crippen LogP contribution in [0.1, 0.15) is 5.56 Å². The number of nitriles is 1. The Labute approximate surface area is 175 Å². The van der Waals surface area contributed by atoms with E-state index in [0.29, 0.717) is 15.9 Å². The van der Waals surface area contributed by atoms with Crippen LogP contribution < -0.4 is 11.2 Å². The van der Waals surface area contributed by atoms with Crippen molar-refractivity contribution in [2.75, 3.05) is 0 Å². The van der Waals surface area contributed by atoms with Crippen LogP contribution in [0.4, 0.5) is 0 Å². The van der Waals surface area contributed by atoms with Gasteiger partial charge >= 0.3 is 5.69 Å². The lowest BCUT2D eigenvalue weighted by Crippen LogP contribution is -2.40. The monoisotopic (exact) mass is 477 g/mol. The molecule has 1 aromatic heterocycles. The Morgan fingerprint density at radius 3 is 2.20 bits per heavy atom. The van der Waals surface area contributed by atoms with Gasteiger partial charge in [0.15, 0.2) is 4.84 Å². The lowest BCUT2D eigenvalue weighted by Gasteiger charge is -2.20. The third-order valence-corrected chi connectivity index (χ3v) is 6.62. The summed E-state index contributed by atoms with van der Waals surface area (Å²) >= 11 is 35.7. The molecule has 2 rings (SSSR count). The van der Waals surface area contributed by atoms with E-state index in [0.717, 1.165) is 10.8 Å². The molecule has 25 heavy (non-hydrogen) atoms. The molecule has 0 saturated heterocycles. The summed E-state index contributed by atoms with van der Waals surface area (Å²) in [6.07, 6.45) is 1.03. The van der Waals surface area contributed by atoms with E-state index in [1.54, 1.807) is 12.1 Å². The minimum absolute atomic E-state index is 0.0877. The summed E-state index contributed by atoms with van der Waals surface area (Å²) in [4.78, 5) is 23.7. The summed E-state index contributed by atoms with van der Waals surface area (Å²) in [5.41, 5.74) is -2.11. The molecule has 0 aliphatic heterocycles. The molecule has 0 fully saturated rings. The summed E-state index contributed by atoms with van der Waals surface area (Å²) in [6.45, 7) is 0. The van der Waals surface area contributed by atoms with Gasteiger partial charge in [-0.25, -0.2) is 4.79 Å². The molecular weight excluding hydrogens is 475 g/mol. The first-order valence-electron chi connectivity index (χ1n) is 6.18. The summed E-state index contributed by atoms with van der Waals surface area (Å²) < 4.78 is -0.419. The van der Waals surface area contributed by atoms with Crippen molar-refractivity contribution in [3.8, 4) is 11.8 Å². The number of rotatable bonds is 4. The Hall–Kier alpha value is -0.520. The number of hydrogen-bond donors (Lipinski definition) is 0. The molecule has 5 nitrogen and oxygen atoms in total. The fourth-order valence-corrected chi connectivity index (χ4v) is 3.63. The summed E-state index contributed by atoms with van der Waals surface area (Å²) in [7, 11) is 0.